The van der Waals surface area contributed by atoms with Crippen LogP contribution in [0.3, 0.4) is 0 Å². The fraction of sp³-hybridized carbons (Fsp3) is 0.231. The summed E-state index contributed by atoms with van der Waals surface area (Å²) in [6.45, 7) is 1.92. The summed E-state index contributed by atoms with van der Waals surface area (Å²) < 4.78 is 9.79. The Labute approximate surface area is 106 Å². The van der Waals surface area contributed by atoms with Crippen LogP contribution in [0.4, 0.5) is 5.69 Å². The van der Waals surface area contributed by atoms with E-state index >= 15 is 0 Å². The highest BCUT2D eigenvalue weighted by atomic mass is 16.5. The molecule has 1 aromatic carbocycles. The van der Waals surface area contributed by atoms with Gasteiger partial charge in [0.15, 0.2) is 5.57 Å². The summed E-state index contributed by atoms with van der Waals surface area (Å²) in [5.74, 6) is 0.0402. The van der Waals surface area contributed by atoms with Crippen molar-refractivity contribution in [1.82, 2.24) is 0 Å². The molecule has 0 aliphatic heterocycles. The summed E-state index contributed by atoms with van der Waals surface area (Å²) in [5.41, 5.74) is 0.631. The number of anilines is 1. The zero-order valence-corrected chi connectivity index (χ0v) is 10.3. The molecule has 0 heterocycles. The first-order chi connectivity index (χ1) is 8.71. The van der Waals surface area contributed by atoms with Gasteiger partial charge in [-0.05, 0) is 19.1 Å². The molecule has 5 heteroatoms. The van der Waals surface area contributed by atoms with Crippen LogP contribution in [0.1, 0.15) is 6.92 Å². The van der Waals surface area contributed by atoms with Crippen molar-refractivity contribution in [1.29, 1.82) is 5.26 Å². The van der Waals surface area contributed by atoms with Crippen molar-refractivity contribution in [2.24, 2.45) is 0 Å². The first-order valence-electron chi connectivity index (χ1n) is 5.39. The van der Waals surface area contributed by atoms with E-state index in [0.717, 1.165) is 0 Å². The van der Waals surface area contributed by atoms with E-state index < -0.39 is 5.97 Å². The molecule has 5 nitrogen and oxygen atoms in total. The van der Waals surface area contributed by atoms with Crippen molar-refractivity contribution < 1.29 is 14.3 Å². The van der Waals surface area contributed by atoms with Crippen LogP contribution in [-0.4, -0.2) is 19.7 Å². The zero-order valence-electron chi connectivity index (χ0n) is 10.3. The molecule has 0 bridgehead atoms. The maximum Gasteiger partial charge on any atom is 0.350 e. The van der Waals surface area contributed by atoms with Crippen molar-refractivity contribution in [2.75, 3.05) is 19.0 Å². The molecule has 0 aromatic heterocycles. The average Bonchev–Trinajstić information content (AvgIpc) is 2.40. The van der Waals surface area contributed by atoms with Gasteiger partial charge in [-0.1, -0.05) is 6.07 Å². The number of benzene rings is 1. The molecule has 0 aliphatic rings. The predicted molar refractivity (Wildman–Crippen MR) is 66.9 cm³/mol. The molecule has 0 amide bonds. The van der Waals surface area contributed by atoms with Gasteiger partial charge in [-0.15, -0.1) is 0 Å². The molecule has 0 saturated carbocycles. The minimum absolute atomic E-state index is 0.0836. The van der Waals surface area contributed by atoms with Crippen LogP contribution >= 0.6 is 0 Å². The van der Waals surface area contributed by atoms with E-state index in [0.29, 0.717) is 11.4 Å². The van der Waals surface area contributed by atoms with E-state index in [1.54, 1.807) is 44.4 Å². The van der Waals surface area contributed by atoms with E-state index in [1.165, 1.54) is 6.20 Å². The van der Waals surface area contributed by atoms with E-state index in [-0.39, 0.29) is 12.2 Å². The van der Waals surface area contributed by atoms with Gasteiger partial charge < -0.3 is 14.8 Å². The molecule has 1 aromatic rings. The Morgan fingerprint density at radius 2 is 2.33 bits per heavy atom. The normalized spacial score (nSPS) is 10.4. The van der Waals surface area contributed by atoms with Crippen LogP contribution in [0.15, 0.2) is 36.0 Å². The van der Waals surface area contributed by atoms with Crippen LogP contribution in [-0.2, 0) is 9.53 Å². The van der Waals surface area contributed by atoms with Crippen LogP contribution in [0.25, 0.3) is 0 Å². The standard InChI is InChI=1S/C13H14N2O3/c1-3-18-13(16)10(8-14)9-15-11-5-4-6-12(7-11)17-2/h4-7,9,15H,3H2,1-2H3/b10-9-. The van der Waals surface area contributed by atoms with Gasteiger partial charge in [0.1, 0.15) is 11.8 Å². The largest absolute Gasteiger partial charge is 0.497 e. The van der Waals surface area contributed by atoms with Gasteiger partial charge in [0.2, 0.25) is 0 Å². The third-order valence-corrected chi connectivity index (χ3v) is 2.07. The van der Waals surface area contributed by atoms with Crippen LogP contribution < -0.4 is 10.1 Å². The smallest absolute Gasteiger partial charge is 0.350 e. The molecular weight excluding hydrogens is 232 g/mol. The molecule has 0 saturated heterocycles. The first-order valence-corrected chi connectivity index (χ1v) is 5.39. The van der Waals surface area contributed by atoms with Gasteiger partial charge in [0.05, 0.1) is 13.7 Å². The fourth-order valence-corrected chi connectivity index (χ4v) is 1.21. The summed E-state index contributed by atoms with van der Waals surface area (Å²) in [5, 5.41) is 11.7. The maximum absolute atomic E-state index is 11.3. The third-order valence-electron chi connectivity index (χ3n) is 2.07. The number of ether oxygens (including phenoxy) is 2. The summed E-state index contributed by atoms with van der Waals surface area (Å²) in [6.07, 6.45) is 1.31. The van der Waals surface area contributed by atoms with Gasteiger partial charge >= 0.3 is 5.97 Å². The van der Waals surface area contributed by atoms with Crippen LogP contribution in [0, 0.1) is 11.3 Å². The van der Waals surface area contributed by atoms with E-state index in [1.807, 2.05) is 0 Å². The SMILES string of the molecule is CCOC(=O)/C(C#N)=C\Nc1cccc(OC)c1. The molecule has 1 N–H and O–H groups in total. The van der Waals surface area contributed by atoms with Crippen LogP contribution in [0.5, 0.6) is 5.75 Å². The van der Waals surface area contributed by atoms with E-state index in [9.17, 15) is 4.79 Å². The Morgan fingerprint density at radius 1 is 1.56 bits per heavy atom. The van der Waals surface area contributed by atoms with Crippen molar-refractivity contribution >= 4 is 11.7 Å². The zero-order chi connectivity index (χ0) is 13.4. The highest BCUT2D eigenvalue weighted by molar-refractivity contribution is 5.93. The number of carbonyl (C=O) groups excluding carboxylic acids is 1. The average molecular weight is 246 g/mol. The Hall–Kier alpha value is -2.48. The van der Waals surface area contributed by atoms with Crippen LogP contribution in [0.2, 0.25) is 0 Å². The fourth-order valence-electron chi connectivity index (χ4n) is 1.21. The number of hydrogen-bond acceptors (Lipinski definition) is 5. The van der Waals surface area contributed by atoms with E-state index in [4.69, 9.17) is 14.7 Å². The monoisotopic (exact) mass is 246 g/mol. The number of rotatable bonds is 5. The topological polar surface area (TPSA) is 71.4 Å². The summed E-state index contributed by atoms with van der Waals surface area (Å²) in [4.78, 5) is 11.3. The second-order valence-corrected chi connectivity index (χ2v) is 3.27. The Morgan fingerprint density at radius 3 is 2.94 bits per heavy atom. The van der Waals surface area contributed by atoms with Crippen molar-refractivity contribution in [2.45, 2.75) is 6.92 Å². The van der Waals surface area contributed by atoms with E-state index in [2.05, 4.69) is 5.32 Å². The molecule has 94 valence electrons. The van der Waals surface area contributed by atoms with Gasteiger partial charge in [0.25, 0.3) is 0 Å². The summed E-state index contributed by atoms with van der Waals surface area (Å²) >= 11 is 0. The number of hydrogen-bond donors (Lipinski definition) is 1. The minimum Gasteiger partial charge on any atom is -0.497 e. The minimum atomic E-state index is -0.643. The first kappa shape index (κ1) is 13.6. The van der Waals surface area contributed by atoms with Crippen molar-refractivity contribution in [3.8, 4) is 11.8 Å². The molecular formula is C13H14N2O3. The quantitative estimate of drug-likeness (QED) is 0.489. The predicted octanol–water partition coefficient (Wildman–Crippen LogP) is 2.08. The number of nitriles is 1. The Bertz CT molecular complexity index is 489. The lowest BCUT2D eigenvalue weighted by Crippen LogP contribution is -2.07. The van der Waals surface area contributed by atoms with Gasteiger partial charge in [-0.2, -0.15) is 5.26 Å². The molecule has 0 radical (unpaired) electrons. The number of methoxy groups -OCH3 is 1. The number of nitrogens with one attached hydrogen (secondary N) is 1. The molecule has 18 heavy (non-hydrogen) atoms. The lowest BCUT2D eigenvalue weighted by atomic mass is 10.3. The maximum atomic E-state index is 11.3. The second kappa shape index (κ2) is 6.97. The highest BCUT2D eigenvalue weighted by Crippen LogP contribution is 2.16. The Kier molecular flexibility index (Phi) is 5.26. The molecule has 0 unspecified atom stereocenters. The number of carbonyl (C=O) groups is 1. The van der Waals surface area contributed by atoms with Gasteiger partial charge in [-0.25, -0.2) is 4.79 Å². The van der Waals surface area contributed by atoms with Gasteiger partial charge in [0, 0.05) is 18.0 Å². The number of nitrogens with zero attached hydrogens (tertiary/aromatic N) is 1. The third kappa shape index (κ3) is 3.83. The molecule has 1 rings (SSSR count). The highest BCUT2D eigenvalue weighted by Gasteiger charge is 2.08. The Balaban J connectivity index is 2.77. The molecule has 0 aliphatic carbocycles. The second-order valence-electron chi connectivity index (χ2n) is 3.27. The molecule has 0 fully saturated rings. The summed E-state index contributed by atoms with van der Waals surface area (Å²) in [6, 6.07) is 8.91. The summed E-state index contributed by atoms with van der Waals surface area (Å²) in [7, 11) is 1.56. The lowest BCUT2D eigenvalue weighted by Gasteiger charge is -2.04. The molecule has 0 spiro atoms. The van der Waals surface area contributed by atoms with Gasteiger partial charge in [-0.3, -0.25) is 0 Å². The van der Waals surface area contributed by atoms with Crippen molar-refractivity contribution in [3.05, 3.63) is 36.0 Å². The number of esters is 1. The van der Waals surface area contributed by atoms with Crippen molar-refractivity contribution in [3.63, 3.8) is 0 Å². The lowest BCUT2D eigenvalue weighted by molar-refractivity contribution is -0.138. The molecule has 0 atom stereocenters.